The van der Waals surface area contributed by atoms with Crippen molar-refractivity contribution in [3.05, 3.63) is 71.0 Å². The molecule has 0 aliphatic carbocycles. The quantitative estimate of drug-likeness (QED) is 0.812. The molecule has 0 saturated carbocycles. The molecule has 1 unspecified atom stereocenters. The standard InChI is InChI=1S/C17H18FNO4S/c1-12(14-7-9-16(18)10-8-14)19-24(21,22)11-13-3-5-15(6-4-13)17(20)23-2/h3-10,12,19H,11H2,1-2H3. The van der Waals surface area contributed by atoms with E-state index in [4.69, 9.17) is 0 Å². The van der Waals surface area contributed by atoms with Gasteiger partial charge in [-0.05, 0) is 42.3 Å². The summed E-state index contributed by atoms with van der Waals surface area (Å²) >= 11 is 0. The zero-order valence-corrected chi connectivity index (χ0v) is 14.1. The van der Waals surface area contributed by atoms with Gasteiger partial charge in [-0.25, -0.2) is 22.3 Å². The maximum absolute atomic E-state index is 12.9. The monoisotopic (exact) mass is 351 g/mol. The van der Waals surface area contributed by atoms with E-state index in [1.54, 1.807) is 19.1 Å². The smallest absolute Gasteiger partial charge is 0.337 e. The fourth-order valence-corrected chi connectivity index (χ4v) is 3.59. The van der Waals surface area contributed by atoms with Crippen LogP contribution in [0.5, 0.6) is 0 Å². The van der Waals surface area contributed by atoms with E-state index < -0.39 is 22.0 Å². The van der Waals surface area contributed by atoms with Gasteiger partial charge < -0.3 is 4.74 Å². The van der Waals surface area contributed by atoms with Crippen molar-refractivity contribution >= 4 is 16.0 Å². The highest BCUT2D eigenvalue weighted by Gasteiger charge is 2.17. The molecule has 7 heteroatoms. The van der Waals surface area contributed by atoms with E-state index in [2.05, 4.69) is 9.46 Å². The first kappa shape index (κ1) is 18.1. The number of carbonyl (C=O) groups is 1. The molecule has 1 atom stereocenters. The number of hydrogen-bond acceptors (Lipinski definition) is 4. The zero-order valence-electron chi connectivity index (χ0n) is 13.3. The van der Waals surface area contributed by atoms with E-state index in [9.17, 15) is 17.6 Å². The maximum Gasteiger partial charge on any atom is 0.337 e. The van der Waals surface area contributed by atoms with E-state index in [1.165, 1.54) is 43.5 Å². The largest absolute Gasteiger partial charge is 0.465 e. The van der Waals surface area contributed by atoms with Crippen LogP contribution < -0.4 is 4.72 Å². The number of ether oxygens (including phenoxy) is 1. The van der Waals surface area contributed by atoms with Crippen LogP contribution in [0.1, 0.15) is 34.5 Å². The van der Waals surface area contributed by atoms with Gasteiger partial charge in [-0.1, -0.05) is 24.3 Å². The third kappa shape index (κ3) is 4.87. The van der Waals surface area contributed by atoms with Gasteiger partial charge in [-0.15, -0.1) is 0 Å². The first-order chi connectivity index (χ1) is 11.3. The molecule has 0 saturated heterocycles. The second-order valence-corrected chi connectivity index (χ2v) is 7.09. The van der Waals surface area contributed by atoms with Gasteiger partial charge in [0.25, 0.3) is 0 Å². The first-order valence-electron chi connectivity index (χ1n) is 7.23. The lowest BCUT2D eigenvalue weighted by Crippen LogP contribution is -2.28. The van der Waals surface area contributed by atoms with Crippen LogP contribution in [0.4, 0.5) is 4.39 Å². The molecule has 0 bridgehead atoms. The van der Waals surface area contributed by atoms with Crippen LogP contribution in [-0.4, -0.2) is 21.5 Å². The average molecular weight is 351 g/mol. The molecular weight excluding hydrogens is 333 g/mol. The summed E-state index contributed by atoms with van der Waals surface area (Å²) in [4.78, 5) is 11.4. The second-order valence-electron chi connectivity index (χ2n) is 5.34. The molecule has 0 radical (unpaired) electrons. The molecule has 2 rings (SSSR count). The fraction of sp³-hybridized carbons (Fsp3) is 0.235. The molecule has 128 valence electrons. The van der Waals surface area contributed by atoms with Crippen molar-refractivity contribution in [3.8, 4) is 0 Å². The Morgan fingerprint density at radius 1 is 1.12 bits per heavy atom. The Bertz CT molecular complexity index is 801. The van der Waals surface area contributed by atoms with Crippen LogP contribution >= 0.6 is 0 Å². The fourth-order valence-electron chi connectivity index (χ4n) is 2.20. The number of hydrogen-bond donors (Lipinski definition) is 1. The van der Waals surface area contributed by atoms with Gasteiger partial charge >= 0.3 is 5.97 Å². The third-order valence-corrected chi connectivity index (χ3v) is 4.88. The molecule has 0 amide bonds. The number of sulfonamides is 1. The molecule has 2 aromatic rings. The molecule has 0 fully saturated rings. The van der Waals surface area contributed by atoms with E-state index in [1.807, 2.05) is 0 Å². The Labute approximate surface area is 140 Å². The van der Waals surface area contributed by atoms with Gasteiger partial charge in [-0.2, -0.15) is 0 Å². The third-order valence-electron chi connectivity index (χ3n) is 3.46. The van der Waals surface area contributed by atoms with Gasteiger partial charge in [0.15, 0.2) is 0 Å². The number of halogens is 1. The second kappa shape index (κ2) is 7.55. The van der Waals surface area contributed by atoms with Gasteiger partial charge in [0, 0.05) is 6.04 Å². The number of rotatable bonds is 6. The lowest BCUT2D eigenvalue weighted by atomic mass is 10.1. The van der Waals surface area contributed by atoms with Crippen LogP contribution in [0.25, 0.3) is 0 Å². The van der Waals surface area contributed by atoms with Gasteiger partial charge in [0.1, 0.15) is 5.82 Å². The van der Waals surface area contributed by atoms with Gasteiger partial charge in [0.2, 0.25) is 10.0 Å². The summed E-state index contributed by atoms with van der Waals surface area (Å²) in [5, 5.41) is 0. The van der Waals surface area contributed by atoms with Crippen LogP contribution in [0.3, 0.4) is 0 Å². The molecule has 2 aromatic carbocycles. The number of esters is 1. The van der Waals surface area contributed by atoms with Crippen LogP contribution in [0.2, 0.25) is 0 Å². The van der Waals surface area contributed by atoms with Crippen molar-refractivity contribution in [1.82, 2.24) is 4.72 Å². The summed E-state index contributed by atoms with van der Waals surface area (Å²) in [5.41, 5.74) is 1.56. The van der Waals surface area contributed by atoms with Crippen molar-refractivity contribution in [2.75, 3.05) is 7.11 Å². The van der Waals surface area contributed by atoms with Crippen molar-refractivity contribution in [1.29, 1.82) is 0 Å². The minimum absolute atomic E-state index is 0.222. The molecular formula is C17H18FNO4S. The lowest BCUT2D eigenvalue weighted by molar-refractivity contribution is 0.0600. The summed E-state index contributed by atoms with van der Waals surface area (Å²) in [7, 11) is -2.31. The molecule has 24 heavy (non-hydrogen) atoms. The Balaban J connectivity index is 2.05. The van der Waals surface area contributed by atoms with Gasteiger partial charge in [-0.3, -0.25) is 0 Å². The van der Waals surface area contributed by atoms with Crippen molar-refractivity contribution < 1.29 is 22.3 Å². The van der Waals surface area contributed by atoms with Crippen LogP contribution in [-0.2, 0) is 20.5 Å². The summed E-state index contributed by atoms with van der Waals surface area (Å²) in [5.74, 6) is -1.08. The van der Waals surface area contributed by atoms with Crippen LogP contribution in [0.15, 0.2) is 48.5 Å². The summed E-state index contributed by atoms with van der Waals surface area (Å²) in [6.07, 6.45) is 0. The first-order valence-corrected chi connectivity index (χ1v) is 8.88. The van der Waals surface area contributed by atoms with Crippen molar-refractivity contribution in [2.24, 2.45) is 0 Å². The van der Waals surface area contributed by atoms with Crippen molar-refractivity contribution in [2.45, 2.75) is 18.7 Å². The number of nitrogens with one attached hydrogen (secondary N) is 1. The molecule has 0 spiro atoms. The zero-order chi connectivity index (χ0) is 17.7. The average Bonchev–Trinajstić information content (AvgIpc) is 2.54. The lowest BCUT2D eigenvalue weighted by Gasteiger charge is -2.15. The van der Waals surface area contributed by atoms with E-state index in [0.717, 1.165) is 0 Å². The number of methoxy groups -OCH3 is 1. The number of benzene rings is 2. The SMILES string of the molecule is COC(=O)c1ccc(CS(=O)(=O)NC(C)c2ccc(F)cc2)cc1. The van der Waals surface area contributed by atoms with E-state index >= 15 is 0 Å². The molecule has 0 aliphatic rings. The highest BCUT2D eigenvalue weighted by molar-refractivity contribution is 7.88. The predicted octanol–water partition coefficient (Wildman–Crippen LogP) is 2.79. The Morgan fingerprint density at radius 3 is 2.25 bits per heavy atom. The normalized spacial score (nSPS) is 12.6. The summed E-state index contributed by atoms with van der Waals surface area (Å²) in [6.45, 7) is 1.69. The minimum Gasteiger partial charge on any atom is -0.465 e. The molecule has 0 aliphatic heterocycles. The molecule has 0 heterocycles. The van der Waals surface area contributed by atoms with E-state index in [0.29, 0.717) is 16.7 Å². The highest BCUT2D eigenvalue weighted by Crippen LogP contribution is 2.16. The topological polar surface area (TPSA) is 72.5 Å². The highest BCUT2D eigenvalue weighted by atomic mass is 32.2. The summed E-state index contributed by atoms with van der Waals surface area (Å²) in [6, 6.07) is 11.3. The van der Waals surface area contributed by atoms with Crippen LogP contribution in [0, 0.1) is 5.82 Å². The van der Waals surface area contributed by atoms with E-state index in [-0.39, 0.29) is 11.6 Å². The molecule has 0 aromatic heterocycles. The number of carbonyl (C=O) groups excluding carboxylic acids is 1. The minimum atomic E-state index is -3.59. The van der Waals surface area contributed by atoms with Gasteiger partial charge in [0.05, 0.1) is 18.4 Å². The molecule has 5 nitrogen and oxygen atoms in total. The van der Waals surface area contributed by atoms with Crippen molar-refractivity contribution in [3.63, 3.8) is 0 Å². The summed E-state index contributed by atoms with van der Waals surface area (Å²) < 4.78 is 44.6. The maximum atomic E-state index is 12.9. The Morgan fingerprint density at radius 2 is 1.71 bits per heavy atom. The Kier molecular flexibility index (Phi) is 5.69. The Hall–Kier alpha value is -2.25. The molecule has 1 N–H and O–H groups in total. The predicted molar refractivity (Wildman–Crippen MR) is 88.4 cm³/mol.